The lowest BCUT2D eigenvalue weighted by Gasteiger charge is -2.37. The zero-order valence-electron chi connectivity index (χ0n) is 11.7. The van der Waals surface area contributed by atoms with E-state index in [1.165, 1.54) is 11.9 Å². The average molecular weight is 301 g/mol. The fourth-order valence-electron chi connectivity index (χ4n) is 2.64. The molecule has 0 saturated carbocycles. The quantitative estimate of drug-likeness (QED) is 0.546. The second-order valence-electron chi connectivity index (χ2n) is 5.08. The van der Waals surface area contributed by atoms with Gasteiger partial charge in [0.1, 0.15) is 12.1 Å². The molecule has 0 bridgehead atoms. The Labute approximate surface area is 121 Å². The van der Waals surface area contributed by atoms with E-state index >= 15 is 0 Å². The van der Waals surface area contributed by atoms with E-state index in [-0.39, 0.29) is 38.6 Å². The predicted molar refractivity (Wildman–Crippen MR) is 69.5 cm³/mol. The molecule has 2 saturated heterocycles. The van der Waals surface area contributed by atoms with E-state index in [1.54, 1.807) is 0 Å². The third kappa shape index (κ3) is 3.08. The summed E-state index contributed by atoms with van der Waals surface area (Å²) in [5.74, 6) is -1.53. The summed E-state index contributed by atoms with van der Waals surface area (Å²) in [7, 11) is 1.46. The topological polar surface area (TPSA) is 119 Å². The summed E-state index contributed by atoms with van der Waals surface area (Å²) in [5, 5.41) is 21.2. The van der Waals surface area contributed by atoms with Gasteiger partial charge in [-0.15, -0.1) is 0 Å². The van der Waals surface area contributed by atoms with Gasteiger partial charge in [-0.3, -0.25) is 4.79 Å². The Hall–Kier alpha value is -1.87. The second kappa shape index (κ2) is 6.27. The molecule has 3 unspecified atom stereocenters. The van der Waals surface area contributed by atoms with Gasteiger partial charge in [0.25, 0.3) is 0 Å². The number of aliphatic hydroxyl groups excluding tert-OH is 1. The van der Waals surface area contributed by atoms with E-state index in [2.05, 4.69) is 5.32 Å². The van der Waals surface area contributed by atoms with Crippen LogP contribution in [0.25, 0.3) is 0 Å². The highest BCUT2D eigenvalue weighted by Gasteiger charge is 2.43. The molecular formula is C12H19N3O6. The van der Waals surface area contributed by atoms with Crippen LogP contribution in [-0.4, -0.2) is 89.5 Å². The van der Waals surface area contributed by atoms with Crippen molar-refractivity contribution in [3.05, 3.63) is 0 Å². The summed E-state index contributed by atoms with van der Waals surface area (Å²) in [6, 6.07) is -2.42. The molecule has 0 spiro atoms. The number of likely N-dealkylation sites (N-methyl/N-ethyl adjacent to an activating group) is 1. The summed E-state index contributed by atoms with van der Waals surface area (Å²) >= 11 is 0. The van der Waals surface area contributed by atoms with Gasteiger partial charge >= 0.3 is 12.0 Å². The second-order valence-corrected chi connectivity index (χ2v) is 5.08. The molecule has 2 aliphatic rings. The number of morpholine rings is 1. The van der Waals surface area contributed by atoms with E-state index in [9.17, 15) is 19.5 Å². The number of nitrogens with zero attached hydrogens (tertiary/aromatic N) is 2. The van der Waals surface area contributed by atoms with Crippen LogP contribution in [-0.2, 0) is 14.3 Å². The zero-order valence-corrected chi connectivity index (χ0v) is 11.7. The highest BCUT2D eigenvalue weighted by Crippen LogP contribution is 2.22. The highest BCUT2D eigenvalue weighted by atomic mass is 16.5. The first-order valence-electron chi connectivity index (χ1n) is 6.73. The van der Waals surface area contributed by atoms with Crippen LogP contribution in [0.4, 0.5) is 4.79 Å². The number of hydrogen-bond acceptors (Lipinski definition) is 5. The zero-order chi connectivity index (χ0) is 15.6. The van der Waals surface area contributed by atoms with Crippen LogP contribution < -0.4 is 5.32 Å². The van der Waals surface area contributed by atoms with Crippen molar-refractivity contribution in [2.75, 3.05) is 33.4 Å². The number of aliphatic carboxylic acids is 1. The van der Waals surface area contributed by atoms with Gasteiger partial charge in [0.05, 0.1) is 19.3 Å². The Bertz CT molecular complexity index is 443. The number of ether oxygens (including phenoxy) is 1. The monoisotopic (exact) mass is 301 g/mol. The molecule has 0 aliphatic carbocycles. The van der Waals surface area contributed by atoms with Crippen molar-refractivity contribution in [2.24, 2.45) is 0 Å². The maximum atomic E-state index is 12.5. The molecule has 2 fully saturated rings. The number of carbonyl (C=O) groups is 3. The van der Waals surface area contributed by atoms with E-state index in [4.69, 9.17) is 9.84 Å². The predicted octanol–water partition coefficient (Wildman–Crippen LogP) is -1.93. The molecule has 3 N–H and O–H groups in total. The molecule has 3 amide bonds. The minimum Gasteiger partial charge on any atom is -0.480 e. The third-order valence-electron chi connectivity index (χ3n) is 3.73. The summed E-state index contributed by atoms with van der Waals surface area (Å²) in [6.45, 7) is 0.510. The number of amides is 3. The van der Waals surface area contributed by atoms with Gasteiger partial charge in [0.15, 0.2) is 0 Å². The first kappa shape index (κ1) is 15.5. The molecule has 2 heterocycles. The number of likely N-dealkylation sites (tertiary alicyclic amines) is 1. The van der Waals surface area contributed by atoms with Gasteiger partial charge < -0.3 is 30.1 Å². The van der Waals surface area contributed by atoms with Gasteiger partial charge in [0, 0.05) is 26.6 Å². The Morgan fingerprint density at radius 2 is 1.95 bits per heavy atom. The molecule has 0 aromatic rings. The van der Waals surface area contributed by atoms with E-state index in [1.807, 2.05) is 0 Å². The maximum Gasteiger partial charge on any atom is 0.326 e. The Balaban J connectivity index is 2.16. The number of aliphatic hydroxyl groups is 1. The van der Waals surface area contributed by atoms with Crippen molar-refractivity contribution in [2.45, 2.75) is 24.6 Å². The maximum absolute atomic E-state index is 12.5. The smallest absolute Gasteiger partial charge is 0.326 e. The number of carbonyl (C=O) groups excluding carboxylic acids is 2. The molecule has 9 nitrogen and oxygen atoms in total. The molecule has 0 aromatic heterocycles. The normalized spacial score (nSPS) is 29.3. The lowest BCUT2D eigenvalue weighted by Crippen LogP contribution is -2.59. The van der Waals surface area contributed by atoms with Crippen LogP contribution in [0.3, 0.4) is 0 Å². The summed E-state index contributed by atoms with van der Waals surface area (Å²) in [6.07, 6.45) is -0.870. The van der Waals surface area contributed by atoms with Crippen molar-refractivity contribution in [1.82, 2.24) is 15.1 Å². The number of nitrogens with one attached hydrogen (secondary N) is 1. The van der Waals surface area contributed by atoms with Crippen LogP contribution in [0.15, 0.2) is 0 Å². The van der Waals surface area contributed by atoms with Crippen molar-refractivity contribution >= 4 is 17.9 Å². The average Bonchev–Trinajstić information content (AvgIpc) is 2.88. The molecule has 118 valence electrons. The number of hydrogen-bond donors (Lipinski definition) is 3. The van der Waals surface area contributed by atoms with Crippen molar-refractivity contribution in [3.8, 4) is 0 Å². The van der Waals surface area contributed by atoms with Crippen molar-refractivity contribution < 1.29 is 29.3 Å². The fraction of sp³-hybridized carbons (Fsp3) is 0.750. The van der Waals surface area contributed by atoms with Gasteiger partial charge in [-0.05, 0) is 0 Å². The first-order chi connectivity index (χ1) is 9.95. The van der Waals surface area contributed by atoms with E-state index in [0.29, 0.717) is 0 Å². The number of carboxylic acid groups (broad SMARTS) is 1. The van der Waals surface area contributed by atoms with Crippen molar-refractivity contribution in [3.63, 3.8) is 0 Å². The van der Waals surface area contributed by atoms with Crippen LogP contribution >= 0.6 is 0 Å². The number of rotatable bonds is 2. The first-order valence-corrected chi connectivity index (χ1v) is 6.73. The van der Waals surface area contributed by atoms with E-state index < -0.39 is 30.2 Å². The largest absolute Gasteiger partial charge is 0.480 e. The number of carboxylic acids is 1. The molecule has 2 rings (SSSR count). The third-order valence-corrected chi connectivity index (χ3v) is 3.73. The standard InChI is InChI=1S/C12H19N3O6/c1-13-10(17)9-6-21-3-2-14(9)12(20)15-5-7(16)4-8(15)11(18)19/h7-9,16H,2-6H2,1H3,(H,13,17)(H,18,19). The number of β-amino-alcohol motifs (C(OH)–C–C–N with tert-alkyl or cyclic N) is 1. The van der Waals surface area contributed by atoms with Crippen LogP contribution in [0, 0.1) is 0 Å². The molecule has 0 aromatic carbocycles. The van der Waals surface area contributed by atoms with Crippen LogP contribution in [0.5, 0.6) is 0 Å². The molecular weight excluding hydrogens is 282 g/mol. The van der Waals surface area contributed by atoms with Gasteiger partial charge in [-0.1, -0.05) is 0 Å². The molecule has 21 heavy (non-hydrogen) atoms. The SMILES string of the molecule is CNC(=O)C1COCCN1C(=O)N1CC(O)CC1C(=O)O. The minimum atomic E-state index is -1.16. The molecule has 0 radical (unpaired) electrons. The highest BCUT2D eigenvalue weighted by molar-refractivity contribution is 5.89. The summed E-state index contributed by atoms with van der Waals surface area (Å²) < 4.78 is 5.20. The number of urea groups is 1. The molecule has 2 aliphatic heterocycles. The Morgan fingerprint density at radius 1 is 1.24 bits per heavy atom. The molecule has 3 atom stereocenters. The van der Waals surface area contributed by atoms with Gasteiger partial charge in [0.2, 0.25) is 5.91 Å². The lowest BCUT2D eigenvalue weighted by molar-refractivity contribution is -0.141. The van der Waals surface area contributed by atoms with Gasteiger partial charge in [-0.25, -0.2) is 9.59 Å². The lowest BCUT2D eigenvalue weighted by atomic mass is 10.2. The fourth-order valence-corrected chi connectivity index (χ4v) is 2.64. The van der Waals surface area contributed by atoms with E-state index in [0.717, 1.165) is 4.90 Å². The molecule has 9 heteroatoms. The van der Waals surface area contributed by atoms with Crippen LogP contribution in [0.1, 0.15) is 6.42 Å². The Kier molecular flexibility index (Phi) is 4.63. The summed E-state index contributed by atoms with van der Waals surface area (Å²) in [4.78, 5) is 37.9. The van der Waals surface area contributed by atoms with Crippen LogP contribution in [0.2, 0.25) is 0 Å². The van der Waals surface area contributed by atoms with Gasteiger partial charge in [-0.2, -0.15) is 0 Å². The summed E-state index contributed by atoms with van der Waals surface area (Å²) in [5.41, 5.74) is 0. The minimum absolute atomic E-state index is 0.00391. The van der Waals surface area contributed by atoms with Crippen molar-refractivity contribution in [1.29, 1.82) is 0 Å². The Morgan fingerprint density at radius 3 is 2.57 bits per heavy atom.